The van der Waals surface area contributed by atoms with Crippen LogP contribution in [0.3, 0.4) is 0 Å². The Labute approximate surface area is 135 Å². The van der Waals surface area contributed by atoms with Gasteiger partial charge in [-0.1, -0.05) is 0 Å². The fourth-order valence-corrected chi connectivity index (χ4v) is 3.73. The molecule has 118 valence electrons. The van der Waals surface area contributed by atoms with Crippen LogP contribution in [0.5, 0.6) is 0 Å². The number of anilines is 2. The van der Waals surface area contributed by atoms with Gasteiger partial charge in [0, 0.05) is 17.3 Å². The molecule has 1 atom stereocenters. The first-order chi connectivity index (χ1) is 10.2. The van der Waals surface area contributed by atoms with E-state index in [1.54, 1.807) is 0 Å². The van der Waals surface area contributed by atoms with Gasteiger partial charge in [0.1, 0.15) is 0 Å². The van der Waals surface area contributed by atoms with Crippen LogP contribution in [0, 0.1) is 11.3 Å². The molecule has 1 aromatic rings. The Hall–Kier alpha value is -1.59. The molecule has 3 aliphatic rings. The fourth-order valence-electron chi connectivity index (χ4n) is 3.73. The summed E-state index contributed by atoms with van der Waals surface area (Å²) in [5.74, 6) is 0.311. The zero-order valence-electron chi connectivity index (χ0n) is 12.3. The van der Waals surface area contributed by atoms with Crippen molar-refractivity contribution in [2.45, 2.75) is 25.7 Å². The molecule has 5 nitrogen and oxygen atoms in total. The molecule has 2 amide bonds. The average Bonchev–Trinajstić information content (AvgIpc) is 3.02. The average molecular weight is 322 g/mol. The normalized spacial score (nSPS) is 24.2. The van der Waals surface area contributed by atoms with Crippen LogP contribution in [0.15, 0.2) is 18.2 Å². The number of benzene rings is 1. The molecule has 1 aromatic carbocycles. The van der Waals surface area contributed by atoms with Crippen LogP contribution < -0.4 is 16.0 Å². The minimum absolute atomic E-state index is 0. The highest BCUT2D eigenvalue weighted by atomic mass is 35.5. The third-order valence-corrected chi connectivity index (χ3v) is 5.10. The van der Waals surface area contributed by atoms with Gasteiger partial charge < -0.3 is 16.0 Å². The largest absolute Gasteiger partial charge is 0.326 e. The van der Waals surface area contributed by atoms with Gasteiger partial charge in [0.05, 0.1) is 6.42 Å². The lowest BCUT2D eigenvalue weighted by Crippen LogP contribution is -2.31. The van der Waals surface area contributed by atoms with Crippen molar-refractivity contribution >= 4 is 35.6 Å². The Bertz CT molecular complexity index is 626. The van der Waals surface area contributed by atoms with E-state index in [1.807, 2.05) is 18.2 Å². The molecular formula is C16H20ClN3O2. The summed E-state index contributed by atoms with van der Waals surface area (Å²) in [5, 5.41) is 9.17. The molecule has 3 N–H and O–H groups in total. The molecule has 1 aliphatic carbocycles. The molecule has 6 heteroatoms. The summed E-state index contributed by atoms with van der Waals surface area (Å²) < 4.78 is 0. The summed E-state index contributed by atoms with van der Waals surface area (Å²) in [6.45, 7) is 2.05. The lowest BCUT2D eigenvalue weighted by Gasteiger charge is -2.23. The Morgan fingerprint density at radius 3 is 2.82 bits per heavy atom. The van der Waals surface area contributed by atoms with E-state index in [9.17, 15) is 9.59 Å². The van der Waals surface area contributed by atoms with Crippen molar-refractivity contribution in [2.24, 2.45) is 11.3 Å². The Balaban J connectivity index is 0.00000144. The maximum absolute atomic E-state index is 12.4. The van der Waals surface area contributed by atoms with E-state index < -0.39 is 0 Å². The zero-order valence-corrected chi connectivity index (χ0v) is 13.1. The summed E-state index contributed by atoms with van der Waals surface area (Å²) in [6.07, 6.45) is 3.63. The first kappa shape index (κ1) is 15.3. The molecule has 2 heterocycles. The third-order valence-electron chi connectivity index (χ3n) is 5.10. The summed E-state index contributed by atoms with van der Waals surface area (Å²) in [5.41, 5.74) is 2.87. The van der Waals surface area contributed by atoms with Crippen molar-refractivity contribution in [1.29, 1.82) is 0 Å². The van der Waals surface area contributed by atoms with Crippen molar-refractivity contribution in [3.05, 3.63) is 23.8 Å². The fraction of sp³-hybridized carbons (Fsp3) is 0.500. The molecule has 1 saturated heterocycles. The summed E-state index contributed by atoms with van der Waals surface area (Å²) in [6, 6.07) is 5.63. The summed E-state index contributed by atoms with van der Waals surface area (Å²) in [7, 11) is 0. The second-order valence-corrected chi connectivity index (χ2v) is 6.46. The van der Waals surface area contributed by atoms with Crippen LogP contribution in [0.4, 0.5) is 11.4 Å². The van der Waals surface area contributed by atoms with E-state index in [0.29, 0.717) is 6.42 Å². The monoisotopic (exact) mass is 321 g/mol. The minimum Gasteiger partial charge on any atom is -0.326 e. The van der Waals surface area contributed by atoms with Crippen molar-refractivity contribution in [3.63, 3.8) is 0 Å². The molecule has 22 heavy (non-hydrogen) atoms. The first-order valence-corrected chi connectivity index (χ1v) is 7.61. The predicted molar refractivity (Wildman–Crippen MR) is 87.3 cm³/mol. The van der Waals surface area contributed by atoms with E-state index in [0.717, 1.165) is 49.3 Å². The third kappa shape index (κ3) is 2.59. The van der Waals surface area contributed by atoms with Crippen molar-refractivity contribution in [3.8, 4) is 0 Å². The Morgan fingerprint density at radius 1 is 1.27 bits per heavy atom. The number of nitrogens with one attached hydrogen (secondary N) is 3. The van der Waals surface area contributed by atoms with Gasteiger partial charge >= 0.3 is 0 Å². The van der Waals surface area contributed by atoms with E-state index >= 15 is 0 Å². The van der Waals surface area contributed by atoms with Gasteiger partial charge in [0.25, 0.3) is 0 Å². The van der Waals surface area contributed by atoms with E-state index in [-0.39, 0.29) is 35.6 Å². The SMILES string of the molecule is Cl.O=C1Cc2cc(NC(=O)C3CC34CCNCC4)ccc2N1. The molecule has 1 spiro atoms. The molecule has 1 unspecified atom stereocenters. The molecule has 2 fully saturated rings. The van der Waals surface area contributed by atoms with Crippen molar-refractivity contribution in [2.75, 3.05) is 23.7 Å². The quantitative estimate of drug-likeness (QED) is 0.779. The zero-order chi connectivity index (χ0) is 14.4. The predicted octanol–water partition coefficient (Wildman–Crippen LogP) is 1.93. The van der Waals surface area contributed by atoms with E-state index in [1.165, 1.54) is 0 Å². The standard InChI is InChI=1S/C16H19N3O2.ClH/c20-14-8-10-7-11(1-2-13(10)19-14)18-15(21)12-9-16(12)3-5-17-6-4-16;/h1-2,7,12,17H,3-6,8-9H2,(H,18,21)(H,19,20);1H. The van der Waals surface area contributed by atoms with Gasteiger partial charge in [0.15, 0.2) is 0 Å². The lowest BCUT2D eigenvalue weighted by atomic mass is 9.92. The maximum Gasteiger partial charge on any atom is 0.228 e. The van der Waals surface area contributed by atoms with Crippen molar-refractivity contribution < 1.29 is 9.59 Å². The van der Waals surface area contributed by atoms with Crippen LogP contribution in [0.25, 0.3) is 0 Å². The number of hydrogen-bond acceptors (Lipinski definition) is 3. The molecule has 2 aliphatic heterocycles. The van der Waals surface area contributed by atoms with E-state index in [4.69, 9.17) is 0 Å². The highest BCUT2D eigenvalue weighted by Gasteiger charge is 2.57. The topological polar surface area (TPSA) is 70.2 Å². The van der Waals surface area contributed by atoms with Crippen LogP contribution in [-0.4, -0.2) is 24.9 Å². The number of rotatable bonds is 2. The number of halogens is 1. The van der Waals surface area contributed by atoms with Gasteiger partial charge in [0.2, 0.25) is 11.8 Å². The van der Waals surface area contributed by atoms with Gasteiger partial charge in [-0.3, -0.25) is 9.59 Å². The second kappa shape index (κ2) is 5.56. The number of fused-ring (bicyclic) bond motifs is 1. The molecule has 0 radical (unpaired) electrons. The number of carbonyl (C=O) groups excluding carboxylic acids is 2. The minimum atomic E-state index is 0. The number of hydrogen-bond donors (Lipinski definition) is 3. The summed E-state index contributed by atoms with van der Waals surface area (Å²) in [4.78, 5) is 23.7. The van der Waals surface area contributed by atoms with Gasteiger partial charge in [-0.2, -0.15) is 0 Å². The van der Waals surface area contributed by atoms with Gasteiger partial charge in [-0.25, -0.2) is 0 Å². The van der Waals surface area contributed by atoms with Crippen LogP contribution in [-0.2, 0) is 16.0 Å². The van der Waals surface area contributed by atoms with Crippen LogP contribution in [0.2, 0.25) is 0 Å². The maximum atomic E-state index is 12.4. The number of amides is 2. The van der Waals surface area contributed by atoms with E-state index in [2.05, 4.69) is 16.0 Å². The smallest absolute Gasteiger partial charge is 0.228 e. The molecular weight excluding hydrogens is 302 g/mol. The number of piperidine rings is 1. The molecule has 1 saturated carbocycles. The van der Waals surface area contributed by atoms with Gasteiger partial charge in [-0.15, -0.1) is 12.4 Å². The highest BCUT2D eigenvalue weighted by molar-refractivity contribution is 6.01. The first-order valence-electron chi connectivity index (χ1n) is 7.61. The molecule has 4 rings (SSSR count). The van der Waals surface area contributed by atoms with Crippen molar-refractivity contribution in [1.82, 2.24) is 5.32 Å². The highest BCUT2D eigenvalue weighted by Crippen LogP contribution is 2.58. The second-order valence-electron chi connectivity index (χ2n) is 6.46. The number of carbonyl (C=O) groups is 2. The van der Waals surface area contributed by atoms with Gasteiger partial charge in [-0.05, 0) is 61.5 Å². The Morgan fingerprint density at radius 2 is 2.05 bits per heavy atom. The molecule has 0 aromatic heterocycles. The molecule has 0 bridgehead atoms. The lowest BCUT2D eigenvalue weighted by molar-refractivity contribution is -0.118. The Kier molecular flexibility index (Phi) is 3.87. The van der Waals surface area contributed by atoms with Crippen LogP contribution in [0.1, 0.15) is 24.8 Å². The van der Waals surface area contributed by atoms with Crippen LogP contribution >= 0.6 is 12.4 Å². The summed E-state index contributed by atoms with van der Waals surface area (Å²) >= 11 is 0.